The predicted octanol–water partition coefficient (Wildman–Crippen LogP) is 1.44. The summed E-state index contributed by atoms with van der Waals surface area (Å²) in [5.41, 5.74) is -0.828. The minimum Gasteiger partial charge on any atom is -0.298 e. The fourth-order valence-corrected chi connectivity index (χ4v) is 0.912. The number of nitrogens with zero attached hydrogens (tertiary/aromatic N) is 2. The number of aromatic nitrogens is 2. The van der Waals surface area contributed by atoms with Crippen LogP contribution in [0.4, 0.5) is 4.39 Å². The second kappa shape index (κ2) is 3.05. The largest absolute Gasteiger partial charge is 0.298 e. The summed E-state index contributed by atoms with van der Waals surface area (Å²) in [4.78, 5) is 10.2. The van der Waals surface area contributed by atoms with E-state index in [4.69, 9.17) is 0 Å². The van der Waals surface area contributed by atoms with Gasteiger partial charge in [0.15, 0.2) is 6.29 Å². The summed E-state index contributed by atoms with van der Waals surface area (Å²) in [6, 6.07) is 0. The normalized spacial score (nSPS) is 11.6. The maximum absolute atomic E-state index is 13.0. The summed E-state index contributed by atoms with van der Waals surface area (Å²) in [6.07, 6.45) is 3.63. The zero-order valence-electron chi connectivity index (χ0n) is 7.12. The fourth-order valence-electron chi connectivity index (χ4n) is 0.912. The first-order valence-electron chi connectivity index (χ1n) is 3.68. The number of carbonyl (C=O) groups excluding carboxylic acids is 1. The van der Waals surface area contributed by atoms with Crippen LogP contribution in [0, 0.1) is 0 Å². The quantitative estimate of drug-likeness (QED) is 0.643. The summed E-state index contributed by atoms with van der Waals surface area (Å²) in [7, 11) is 0. The molecule has 0 aliphatic rings. The molecule has 1 aromatic rings. The van der Waals surface area contributed by atoms with Gasteiger partial charge >= 0.3 is 0 Å². The Morgan fingerprint density at radius 1 is 1.75 bits per heavy atom. The lowest BCUT2D eigenvalue weighted by Gasteiger charge is -2.12. The Balaban J connectivity index is 2.70. The number of hydrogen-bond donors (Lipinski definition) is 0. The van der Waals surface area contributed by atoms with Crippen LogP contribution >= 0.6 is 0 Å². The monoisotopic (exact) mass is 170 g/mol. The van der Waals surface area contributed by atoms with Crippen LogP contribution in [-0.2, 0) is 6.54 Å². The highest BCUT2D eigenvalue weighted by Gasteiger charge is 2.16. The molecule has 1 aromatic heterocycles. The number of rotatable bonds is 3. The lowest BCUT2D eigenvalue weighted by molar-refractivity contribution is 0.112. The molecule has 0 aliphatic heterocycles. The number of aldehydes is 1. The summed E-state index contributed by atoms with van der Waals surface area (Å²) in [5, 5.41) is 3.82. The van der Waals surface area contributed by atoms with Crippen LogP contribution in [-0.4, -0.2) is 21.7 Å². The van der Waals surface area contributed by atoms with Gasteiger partial charge in [-0.25, -0.2) is 4.39 Å². The molecule has 0 bridgehead atoms. The van der Waals surface area contributed by atoms with E-state index in [9.17, 15) is 9.18 Å². The molecule has 0 amide bonds. The molecule has 0 aliphatic carbocycles. The highest BCUT2D eigenvalue weighted by atomic mass is 19.1. The van der Waals surface area contributed by atoms with Crippen molar-refractivity contribution in [3.8, 4) is 0 Å². The highest BCUT2D eigenvalue weighted by Crippen LogP contribution is 2.10. The van der Waals surface area contributed by atoms with E-state index in [1.165, 1.54) is 30.9 Å². The Morgan fingerprint density at radius 2 is 2.42 bits per heavy atom. The third kappa shape index (κ3) is 2.45. The number of halogens is 1. The summed E-state index contributed by atoms with van der Waals surface area (Å²) in [6.45, 7) is 3.10. The van der Waals surface area contributed by atoms with Crippen molar-refractivity contribution in [3.05, 3.63) is 18.0 Å². The van der Waals surface area contributed by atoms with E-state index in [1.807, 2.05) is 0 Å². The van der Waals surface area contributed by atoms with Crippen LogP contribution in [0.1, 0.15) is 24.2 Å². The van der Waals surface area contributed by atoms with Crippen molar-refractivity contribution in [1.29, 1.82) is 0 Å². The second-order valence-electron chi connectivity index (χ2n) is 3.31. The van der Waals surface area contributed by atoms with Crippen molar-refractivity contribution in [2.45, 2.75) is 26.1 Å². The van der Waals surface area contributed by atoms with Gasteiger partial charge in [0.25, 0.3) is 0 Å². The third-order valence-corrected chi connectivity index (χ3v) is 1.33. The minimum absolute atomic E-state index is 0.167. The van der Waals surface area contributed by atoms with Gasteiger partial charge in [0.1, 0.15) is 5.67 Å². The second-order valence-corrected chi connectivity index (χ2v) is 3.31. The molecule has 66 valence electrons. The van der Waals surface area contributed by atoms with Crippen molar-refractivity contribution in [2.75, 3.05) is 0 Å². The van der Waals surface area contributed by atoms with Crippen LogP contribution < -0.4 is 0 Å². The van der Waals surface area contributed by atoms with Crippen molar-refractivity contribution in [1.82, 2.24) is 9.78 Å². The molecule has 1 rings (SSSR count). The average molecular weight is 170 g/mol. The summed E-state index contributed by atoms with van der Waals surface area (Å²) in [5.74, 6) is 0. The van der Waals surface area contributed by atoms with Crippen LogP contribution in [0.15, 0.2) is 12.4 Å². The van der Waals surface area contributed by atoms with E-state index >= 15 is 0 Å². The minimum atomic E-state index is -1.30. The first-order valence-corrected chi connectivity index (χ1v) is 3.68. The topological polar surface area (TPSA) is 34.9 Å². The highest BCUT2D eigenvalue weighted by molar-refractivity contribution is 5.73. The van der Waals surface area contributed by atoms with Crippen molar-refractivity contribution in [3.63, 3.8) is 0 Å². The smallest absolute Gasteiger partial charge is 0.153 e. The lowest BCUT2D eigenvalue weighted by Crippen LogP contribution is -2.21. The predicted molar refractivity (Wildman–Crippen MR) is 42.8 cm³/mol. The number of hydrogen-bond acceptors (Lipinski definition) is 2. The van der Waals surface area contributed by atoms with Gasteiger partial charge in [-0.1, -0.05) is 0 Å². The maximum atomic E-state index is 13.0. The molecule has 0 N–H and O–H groups in total. The third-order valence-electron chi connectivity index (χ3n) is 1.33. The van der Waals surface area contributed by atoms with Gasteiger partial charge in [0.2, 0.25) is 0 Å². The van der Waals surface area contributed by atoms with E-state index in [2.05, 4.69) is 5.10 Å². The molecule has 3 nitrogen and oxygen atoms in total. The Bertz CT molecular complexity index is 275. The molecular formula is C8H11FN2O. The van der Waals surface area contributed by atoms with E-state index in [0.717, 1.165) is 0 Å². The lowest BCUT2D eigenvalue weighted by atomic mass is 10.2. The maximum Gasteiger partial charge on any atom is 0.153 e. The number of carbonyl (C=O) groups is 1. The molecule has 12 heavy (non-hydrogen) atoms. The first kappa shape index (κ1) is 8.90. The van der Waals surface area contributed by atoms with Gasteiger partial charge in [-0.2, -0.15) is 5.10 Å². The van der Waals surface area contributed by atoms with Gasteiger partial charge in [0, 0.05) is 6.20 Å². The van der Waals surface area contributed by atoms with Crippen molar-refractivity contribution < 1.29 is 9.18 Å². The molecule has 0 aromatic carbocycles. The van der Waals surface area contributed by atoms with Gasteiger partial charge < -0.3 is 0 Å². The van der Waals surface area contributed by atoms with Gasteiger partial charge in [-0.15, -0.1) is 0 Å². The Morgan fingerprint density at radius 3 is 2.83 bits per heavy atom. The fraction of sp³-hybridized carbons (Fsp3) is 0.500. The zero-order chi connectivity index (χ0) is 9.19. The van der Waals surface area contributed by atoms with Crippen LogP contribution in [0.25, 0.3) is 0 Å². The average Bonchev–Trinajstić information content (AvgIpc) is 2.32. The molecule has 0 saturated carbocycles. The van der Waals surface area contributed by atoms with Crippen molar-refractivity contribution in [2.24, 2.45) is 0 Å². The standard InChI is InChI=1S/C8H11FN2O/c1-8(2,9)6-11-4-7(5-12)3-10-11/h3-5H,6H2,1-2H3. The first-order chi connectivity index (χ1) is 5.51. The summed E-state index contributed by atoms with van der Waals surface area (Å²) >= 11 is 0. The SMILES string of the molecule is CC(C)(F)Cn1cc(C=O)cn1. The van der Waals surface area contributed by atoms with Crippen molar-refractivity contribution >= 4 is 6.29 Å². The Kier molecular flexibility index (Phi) is 2.26. The zero-order valence-corrected chi connectivity index (χ0v) is 7.12. The molecule has 0 spiro atoms. The van der Waals surface area contributed by atoms with E-state index in [0.29, 0.717) is 11.8 Å². The van der Waals surface area contributed by atoms with E-state index < -0.39 is 5.67 Å². The summed E-state index contributed by atoms with van der Waals surface area (Å²) < 4.78 is 14.5. The molecule has 0 atom stereocenters. The molecule has 0 fully saturated rings. The molecular weight excluding hydrogens is 159 g/mol. The Labute approximate surface area is 70.2 Å². The molecule has 0 saturated heterocycles. The molecule has 0 unspecified atom stereocenters. The van der Waals surface area contributed by atoms with Gasteiger partial charge in [-0.05, 0) is 13.8 Å². The number of alkyl halides is 1. The van der Waals surface area contributed by atoms with Crippen LogP contribution in [0.3, 0.4) is 0 Å². The molecule has 1 heterocycles. The van der Waals surface area contributed by atoms with E-state index in [-0.39, 0.29) is 6.54 Å². The van der Waals surface area contributed by atoms with Gasteiger partial charge in [-0.3, -0.25) is 9.48 Å². The Hall–Kier alpha value is -1.19. The molecule has 4 heteroatoms. The van der Waals surface area contributed by atoms with Crippen LogP contribution in [0.2, 0.25) is 0 Å². The molecule has 0 radical (unpaired) electrons. The van der Waals surface area contributed by atoms with E-state index in [1.54, 1.807) is 0 Å². The van der Waals surface area contributed by atoms with Gasteiger partial charge in [0.05, 0.1) is 18.3 Å². The van der Waals surface area contributed by atoms with Crippen LogP contribution in [0.5, 0.6) is 0 Å².